The summed E-state index contributed by atoms with van der Waals surface area (Å²) in [5, 5.41) is 0. The largest absolute Gasteiger partial charge is 0.337 e. The van der Waals surface area contributed by atoms with Gasteiger partial charge in [0.1, 0.15) is 5.82 Å². The first-order valence-corrected chi connectivity index (χ1v) is 7.71. The van der Waals surface area contributed by atoms with E-state index in [0.29, 0.717) is 6.54 Å². The second kappa shape index (κ2) is 4.77. The first-order valence-electron chi connectivity index (χ1n) is 5.31. The number of rotatable bonds is 2. The maximum absolute atomic E-state index is 5.64. The molecule has 0 atom stereocenters. The molecule has 0 radical (unpaired) electrons. The summed E-state index contributed by atoms with van der Waals surface area (Å²) in [7, 11) is 0. The highest BCUT2D eigenvalue weighted by Gasteiger charge is 2.10. The van der Waals surface area contributed by atoms with Gasteiger partial charge in [0.25, 0.3) is 0 Å². The number of nitrogens with two attached hydrogens (primary N) is 1. The Bertz CT molecular complexity index is 698. The summed E-state index contributed by atoms with van der Waals surface area (Å²) in [6, 6.07) is 8.10. The second-order valence-corrected chi connectivity index (χ2v) is 7.10. The molecule has 2 aromatic heterocycles. The number of halogens is 2. The summed E-state index contributed by atoms with van der Waals surface area (Å²) in [5.74, 6) is 0.885. The van der Waals surface area contributed by atoms with Gasteiger partial charge in [0.2, 0.25) is 0 Å². The van der Waals surface area contributed by atoms with E-state index in [-0.39, 0.29) is 0 Å². The third-order valence-electron chi connectivity index (χ3n) is 2.66. The van der Waals surface area contributed by atoms with Gasteiger partial charge in [-0.05, 0) is 55.6 Å². The number of aromatic nitrogens is 2. The Morgan fingerprint density at radius 1 is 1.28 bits per heavy atom. The van der Waals surface area contributed by atoms with Gasteiger partial charge in [0, 0.05) is 11.0 Å². The maximum Gasteiger partial charge on any atom is 0.148 e. The number of nitrogens with one attached hydrogen (secondary N) is 1. The molecule has 0 unspecified atom stereocenters. The summed E-state index contributed by atoms with van der Waals surface area (Å²) in [6.45, 7) is 0.542. The number of nitrogens with zero attached hydrogens (tertiary/aromatic N) is 1. The van der Waals surface area contributed by atoms with Gasteiger partial charge in [0.15, 0.2) is 0 Å². The predicted octanol–water partition coefficient (Wildman–Crippen LogP) is 4.28. The summed E-state index contributed by atoms with van der Waals surface area (Å²) < 4.78 is 2.12. The van der Waals surface area contributed by atoms with Crippen LogP contribution in [0.4, 0.5) is 0 Å². The minimum absolute atomic E-state index is 0.542. The lowest BCUT2D eigenvalue weighted by molar-refractivity contribution is 1.07. The average molecular weight is 387 g/mol. The normalized spacial score (nSPS) is 11.3. The van der Waals surface area contributed by atoms with Crippen LogP contribution in [0, 0.1) is 0 Å². The van der Waals surface area contributed by atoms with Crippen molar-refractivity contribution in [3.63, 3.8) is 0 Å². The fraction of sp³-hybridized carbons (Fsp3) is 0.0833. The highest BCUT2D eigenvalue weighted by molar-refractivity contribution is 9.13. The quantitative estimate of drug-likeness (QED) is 0.690. The summed E-state index contributed by atoms with van der Waals surface area (Å²) in [5.41, 5.74) is 8.72. The third-order valence-corrected chi connectivity index (χ3v) is 5.92. The molecular formula is C12H9Br2N3S. The number of aromatic amines is 1. The van der Waals surface area contributed by atoms with Crippen LogP contribution in [0.2, 0.25) is 0 Å². The van der Waals surface area contributed by atoms with Crippen molar-refractivity contribution in [3.8, 4) is 10.7 Å². The number of thiophene rings is 1. The molecule has 0 fully saturated rings. The summed E-state index contributed by atoms with van der Waals surface area (Å²) in [6.07, 6.45) is 0. The van der Waals surface area contributed by atoms with Crippen molar-refractivity contribution < 1.29 is 0 Å². The Morgan fingerprint density at radius 2 is 2.11 bits per heavy atom. The molecule has 2 heterocycles. The standard InChI is InChI=1S/C12H9Br2N3S/c13-7-4-10(18-11(7)14)12-16-8-2-1-6(5-15)3-9(8)17-12/h1-4H,5,15H2,(H,16,17). The molecule has 1 aromatic carbocycles. The van der Waals surface area contributed by atoms with Gasteiger partial charge in [-0.2, -0.15) is 0 Å². The van der Waals surface area contributed by atoms with Crippen LogP contribution in [-0.2, 0) is 6.54 Å². The van der Waals surface area contributed by atoms with Crippen LogP contribution in [0.25, 0.3) is 21.7 Å². The van der Waals surface area contributed by atoms with E-state index in [0.717, 1.165) is 35.6 Å². The zero-order valence-corrected chi connectivity index (χ0v) is 13.2. The second-order valence-electron chi connectivity index (χ2n) is 3.87. The lowest BCUT2D eigenvalue weighted by Gasteiger charge is -1.94. The highest BCUT2D eigenvalue weighted by Crippen LogP contribution is 2.37. The monoisotopic (exact) mass is 385 g/mol. The first-order chi connectivity index (χ1) is 8.67. The fourth-order valence-corrected chi connectivity index (χ4v) is 3.74. The lowest BCUT2D eigenvalue weighted by atomic mass is 10.2. The molecule has 6 heteroatoms. The van der Waals surface area contributed by atoms with E-state index < -0.39 is 0 Å². The van der Waals surface area contributed by atoms with Crippen molar-refractivity contribution in [3.05, 3.63) is 38.1 Å². The molecule has 0 aliphatic rings. The van der Waals surface area contributed by atoms with Crippen molar-refractivity contribution in [1.29, 1.82) is 0 Å². The molecule has 0 aliphatic carbocycles. The molecule has 0 saturated carbocycles. The predicted molar refractivity (Wildman–Crippen MR) is 82.7 cm³/mol. The van der Waals surface area contributed by atoms with Gasteiger partial charge in [-0.25, -0.2) is 4.98 Å². The van der Waals surface area contributed by atoms with Gasteiger partial charge >= 0.3 is 0 Å². The van der Waals surface area contributed by atoms with E-state index in [2.05, 4.69) is 47.9 Å². The van der Waals surface area contributed by atoms with Crippen molar-refractivity contribution >= 4 is 54.2 Å². The molecule has 3 N–H and O–H groups in total. The number of fused-ring (bicyclic) bond motifs is 1. The van der Waals surface area contributed by atoms with E-state index in [1.807, 2.05) is 18.2 Å². The molecule has 92 valence electrons. The van der Waals surface area contributed by atoms with Gasteiger partial charge in [-0.1, -0.05) is 6.07 Å². The smallest absolute Gasteiger partial charge is 0.148 e. The van der Waals surface area contributed by atoms with Crippen LogP contribution in [0.3, 0.4) is 0 Å². The molecular weight excluding hydrogens is 378 g/mol. The average Bonchev–Trinajstić information content (AvgIpc) is 2.92. The van der Waals surface area contributed by atoms with E-state index in [1.54, 1.807) is 11.3 Å². The van der Waals surface area contributed by atoms with Crippen molar-refractivity contribution in [2.45, 2.75) is 6.54 Å². The van der Waals surface area contributed by atoms with E-state index in [4.69, 9.17) is 5.73 Å². The van der Waals surface area contributed by atoms with Gasteiger partial charge in [0.05, 0.1) is 19.7 Å². The number of hydrogen-bond donors (Lipinski definition) is 2. The van der Waals surface area contributed by atoms with Gasteiger partial charge < -0.3 is 10.7 Å². The molecule has 0 amide bonds. The Labute approximate surface area is 125 Å². The van der Waals surface area contributed by atoms with Gasteiger partial charge in [-0.3, -0.25) is 0 Å². The molecule has 3 aromatic rings. The minimum atomic E-state index is 0.542. The van der Waals surface area contributed by atoms with E-state index in [9.17, 15) is 0 Å². The Kier molecular flexibility index (Phi) is 3.27. The number of H-pyrrole nitrogens is 1. The minimum Gasteiger partial charge on any atom is -0.337 e. The van der Waals surface area contributed by atoms with E-state index >= 15 is 0 Å². The zero-order valence-electron chi connectivity index (χ0n) is 9.21. The molecule has 0 saturated heterocycles. The molecule has 0 aliphatic heterocycles. The molecule has 0 spiro atoms. The third kappa shape index (κ3) is 2.14. The summed E-state index contributed by atoms with van der Waals surface area (Å²) in [4.78, 5) is 9.01. The molecule has 3 nitrogen and oxygen atoms in total. The Hall–Kier alpha value is -0.690. The van der Waals surface area contributed by atoms with Crippen LogP contribution in [0.5, 0.6) is 0 Å². The van der Waals surface area contributed by atoms with Crippen molar-refractivity contribution in [2.24, 2.45) is 5.73 Å². The lowest BCUT2D eigenvalue weighted by Crippen LogP contribution is -1.95. The Morgan fingerprint density at radius 3 is 2.78 bits per heavy atom. The number of hydrogen-bond acceptors (Lipinski definition) is 3. The van der Waals surface area contributed by atoms with Crippen LogP contribution >= 0.6 is 43.2 Å². The van der Waals surface area contributed by atoms with E-state index in [1.165, 1.54) is 0 Å². The zero-order chi connectivity index (χ0) is 12.7. The van der Waals surface area contributed by atoms with Crippen molar-refractivity contribution in [2.75, 3.05) is 0 Å². The summed E-state index contributed by atoms with van der Waals surface area (Å²) >= 11 is 8.62. The molecule has 18 heavy (non-hydrogen) atoms. The highest BCUT2D eigenvalue weighted by atomic mass is 79.9. The van der Waals surface area contributed by atoms with Crippen molar-refractivity contribution in [1.82, 2.24) is 9.97 Å². The molecule has 3 rings (SSSR count). The van der Waals surface area contributed by atoms with Crippen LogP contribution < -0.4 is 5.73 Å². The number of imidazole rings is 1. The van der Waals surface area contributed by atoms with Crippen LogP contribution in [-0.4, -0.2) is 9.97 Å². The van der Waals surface area contributed by atoms with Crippen LogP contribution in [0.15, 0.2) is 32.5 Å². The SMILES string of the molecule is NCc1ccc2nc(-c3cc(Br)c(Br)s3)[nH]c2c1. The fourth-order valence-electron chi connectivity index (χ4n) is 1.76. The first kappa shape index (κ1) is 12.3. The van der Waals surface area contributed by atoms with Gasteiger partial charge in [-0.15, -0.1) is 11.3 Å². The Balaban J connectivity index is 2.12. The topological polar surface area (TPSA) is 54.7 Å². The number of benzene rings is 1. The van der Waals surface area contributed by atoms with Crippen LogP contribution in [0.1, 0.15) is 5.56 Å². The molecule has 0 bridgehead atoms. The maximum atomic E-state index is 5.64.